The summed E-state index contributed by atoms with van der Waals surface area (Å²) in [5.41, 5.74) is 5.32. The van der Waals surface area contributed by atoms with Crippen LogP contribution in [0, 0.1) is 0 Å². The largest absolute Gasteiger partial charge is 0.364 e. The molecule has 1 saturated heterocycles. The van der Waals surface area contributed by atoms with Gasteiger partial charge in [-0.1, -0.05) is 22.7 Å². The monoisotopic (exact) mass is 215 g/mol. The molecule has 0 spiro atoms. The minimum Gasteiger partial charge on any atom is -0.364 e. The highest BCUT2D eigenvalue weighted by atomic mass is 32.2. The molecule has 0 bridgehead atoms. The molecule has 1 aliphatic heterocycles. The van der Waals surface area contributed by atoms with Crippen molar-refractivity contribution < 1.29 is 4.79 Å². The Balaban J connectivity index is 2.45. The summed E-state index contributed by atoms with van der Waals surface area (Å²) < 4.78 is 3.32. The summed E-state index contributed by atoms with van der Waals surface area (Å²) in [6.45, 7) is 0.963. The van der Waals surface area contributed by atoms with Gasteiger partial charge in [0, 0.05) is 23.6 Å². The molecule has 2 rings (SSSR count). The molecule has 1 aliphatic rings. The van der Waals surface area contributed by atoms with E-state index < -0.39 is 0 Å². The zero-order chi connectivity index (χ0) is 9.26. The van der Waals surface area contributed by atoms with Crippen molar-refractivity contribution in [3.8, 4) is 0 Å². The van der Waals surface area contributed by atoms with Crippen LogP contribution in [0.5, 0.6) is 0 Å². The minimum atomic E-state index is -0.196. The molecular weight excluding hydrogens is 204 g/mol. The average molecular weight is 215 g/mol. The van der Waals surface area contributed by atoms with Crippen molar-refractivity contribution in [3.63, 3.8) is 0 Å². The fraction of sp³-hybridized carbons (Fsp3) is 0.500. The van der Waals surface area contributed by atoms with Gasteiger partial charge < -0.3 is 5.73 Å². The first-order chi connectivity index (χ1) is 6.29. The molecule has 0 aromatic carbocycles. The Bertz CT molecular complexity index is 363. The molecule has 5 heteroatoms. The fourth-order valence-electron chi connectivity index (χ4n) is 1.62. The van der Waals surface area contributed by atoms with Crippen LogP contribution < -0.4 is 14.3 Å². The van der Waals surface area contributed by atoms with E-state index in [1.54, 1.807) is 22.7 Å². The summed E-state index contributed by atoms with van der Waals surface area (Å²) in [5.74, 6) is -0.196. The van der Waals surface area contributed by atoms with E-state index in [1.807, 2.05) is 10.8 Å². The van der Waals surface area contributed by atoms with Gasteiger partial charge in [-0.25, -0.2) is 0 Å². The average Bonchev–Trinajstić information content (AvgIpc) is 2.74. The first-order valence-electron chi connectivity index (χ1n) is 4.20. The van der Waals surface area contributed by atoms with Crippen LogP contribution >= 0.6 is 22.7 Å². The van der Waals surface area contributed by atoms with E-state index in [4.69, 9.17) is 5.73 Å². The lowest BCUT2D eigenvalue weighted by atomic mass is 10.2. The molecule has 1 atom stereocenters. The van der Waals surface area contributed by atoms with Gasteiger partial charge in [0.15, 0.2) is 0 Å². The summed E-state index contributed by atoms with van der Waals surface area (Å²) in [6, 6.07) is -0.0742. The lowest BCUT2D eigenvalue weighted by Gasteiger charge is -1.99. The maximum absolute atomic E-state index is 11.1. The van der Waals surface area contributed by atoms with Gasteiger partial charge in [-0.15, -0.1) is 0 Å². The number of amides is 1. The Morgan fingerprint density at radius 1 is 1.54 bits per heavy atom. The fourth-order valence-corrected chi connectivity index (χ4v) is 3.56. The highest BCUT2D eigenvalue weighted by Crippen LogP contribution is 2.09. The first-order valence-corrected chi connectivity index (χ1v) is 5.96. The lowest BCUT2D eigenvalue weighted by Crippen LogP contribution is -2.41. The van der Waals surface area contributed by atoms with E-state index >= 15 is 0 Å². The standard InChI is InChI=1S/C8H10N2OS2/c9-7(11)6-2-1-3-10(6)8-12-4-5-13-8/h4-6H,1-3H2,(H-,9,11)/p+1. The van der Waals surface area contributed by atoms with Crippen molar-refractivity contribution in [1.29, 1.82) is 0 Å². The number of carbonyl (C=O) groups excluding carboxylic acids is 1. The van der Waals surface area contributed by atoms with Crippen LogP contribution in [0.15, 0.2) is 10.8 Å². The van der Waals surface area contributed by atoms with Crippen LogP contribution in [0.2, 0.25) is 0 Å². The molecule has 0 radical (unpaired) electrons. The van der Waals surface area contributed by atoms with Gasteiger partial charge in [-0.3, -0.25) is 4.79 Å². The van der Waals surface area contributed by atoms with Gasteiger partial charge in [0.25, 0.3) is 5.91 Å². The van der Waals surface area contributed by atoms with E-state index in [-0.39, 0.29) is 11.9 Å². The molecule has 2 heterocycles. The Kier molecular flexibility index (Phi) is 2.46. The molecule has 0 aliphatic carbocycles. The molecule has 1 aromatic rings. The zero-order valence-electron chi connectivity index (χ0n) is 7.10. The summed E-state index contributed by atoms with van der Waals surface area (Å²) in [6.07, 6.45) is 1.97. The minimum absolute atomic E-state index is 0.0742. The predicted molar refractivity (Wildman–Crippen MR) is 54.5 cm³/mol. The highest BCUT2D eigenvalue weighted by Gasteiger charge is 2.33. The van der Waals surface area contributed by atoms with Gasteiger partial charge in [0.1, 0.15) is 6.54 Å². The summed E-state index contributed by atoms with van der Waals surface area (Å²) >= 11 is 3.36. The quantitative estimate of drug-likeness (QED) is 0.670. The number of nitrogens with zero attached hydrogens (tertiary/aromatic N) is 1. The molecule has 70 valence electrons. The van der Waals surface area contributed by atoms with Crippen molar-refractivity contribution in [2.45, 2.75) is 18.9 Å². The second kappa shape index (κ2) is 3.59. The maximum atomic E-state index is 11.1. The van der Waals surface area contributed by atoms with E-state index in [0.717, 1.165) is 19.4 Å². The lowest BCUT2D eigenvalue weighted by molar-refractivity contribution is -0.120. The van der Waals surface area contributed by atoms with Gasteiger partial charge in [0.2, 0.25) is 6.04 Å². The summed E-state index contributed by atoms with van der Waals surface area (Å²) in [5, 5.41) is 4.08. The second-order valence-electron chi connectivity index (χ2n) is 3.03. The molecule has 1 amide bonds. The normalized spacial score (nSPS) is 22.2. The van der Waals surface area contributed by atoms with Crippen molar-refractivity contribution in [3.05, 3.63) is 14.7 Å². The molecule has 1 unspecified atom stereocenters. The number of rotatable bonds is 1. The summed E-state index contributed by atoms with van der Waals surface area (Å²) in [7, 11) is 0. The number of primary amides is 1. The van der Waals surface area contributed by atoms with E-state index in [0.29, 0.717) is 0 Å². The third-order valence-corrected chi connectivity index (χ3v) is 4.38. The smallest absolute Gasteiger partial charge is 0.314 e. The molecular formula is C8H11N2OS2+. The third kappa shape index (κ3) is 1.66. The van der Waals surface area contributed by atoms with Crippen molar-refractivity contribution in [2.24, 2.45) is 5.73 Å². The number of hydrogen-bond acceptors (Lipinski definition) is 3. The third-order valence-electron chi connectivity index (χ3n) is 2.21. The number of hydrogen-bond donors (Lipinski definition) is 1. The number of nitrogens with two attached hydrogens (primary N) is 1. The second-order valence-corrected chi connectivity index (χ2v) is 5.08. The molecule has 13 heavy (non-hydrogen) atoms. The van der Waals surface area contributed by atoms with Crippen LogP contribution in [0.3, 0.4) is 0 Å². The molecule has 2 N–H and O–H groups in total. The van der Waals surface area contributed by atoms with E-state index in [2.05, 4.69) is 4.58 Å². The van der Waals surface area contributed by atoms with Crippen molar-refractivity contribution in [1.82, 2.24) is 4.58 Å². The SMILES string of the molecule is NC(=O)C1CCC[N+]1=c1sccs1. The summed E-state index contributed by atoms with van der Waals surface area (Å²) in [4.78, 5) is 11.1. The van der Waals surface area contributed by atoms with Crippen LogP contribution in [0.1, 0.15) is 12.8 Å². The van der Waals surface area contributed by atoms with Crippen molar-refractivity contribution >= 4 is 28.6 Å². The van der Waals surface area contributed by atoms with E-state index in [9.17, 15) is 4.79 Å². The Morgan fingerprint density at radius 3 is 2.85 bits per heavy atom. The Morgan fingerprint density at radius 2 is 2.23 bits per heavy atom. The van der Waals surface area contributed by atoms with E-state index in [1.165, 1.54) is 3.98 Å². The highest BCUT2D eigenvalue weighted by molar-refractivity contribution is 7.24. The maximum Gasteiger partial charge on any atom is 0.314 e. The molecule has 0 saturated carbocycles. The van der Waals surface area contributed by atoms with Gasteiger partial charge >= 0.3 is 3.98 Å². The first kappa shape index (κ1) is 8.90. The van der Waals surface area contributed by atoms with Gasteiger partial charge in [-0.05, 0) is 0 Å². The van der Waals surface area contributed by atoms with Crippen LogP contribution in [0.25, 0.3) is 0 Å². The Hall–Kier alpha value is -0.680. The predicted octanol–water partition coefficient (Wildman–Crippen LogP) is 0.230. The number of carbonyl (C=O) groups is 1. The molecule has 1 fully saturated rings. The molecule has 3 nitrogen and oxygen atoms in total. The zero-order valence-corrected chi connectivity index (χ0v) is 8.74. The van der Waals surface area contributed by atoms with Crippen molar-refractivity contribution in [2.75, 3.05) is 6.54 Å². The molecule has 1 aromatic heterocycles. The van der Waals surface area contributed by atoms with Crippen LogP contribution in [-0.2, 0) is 4.79 Å². The topological polar surface area (TPSA) is 46.1 Å². The Labute approximate surface area is 84.1 Å². The van der Waals surface area contributed by atoms with Gasteiger partial charge in [0.05, 0.1) is 0 Å². The van der Waals surface area contributed by atoms with Crippen LogP contribution in [0.4, 0.5) is 0 Å². The van der Waals surface area contributed by atoms with Gasteiger partial charge in [-0.2, -0.15) is 4.58 Å². The van der Waals surface area contributed by atoms with Crippen LogP contribution in [-0.4, -0.2) is 18.5 Å².